The smallest absolute Gasteiger partial charge is 0.124 e. The summed E-state index contributed by atoms with van der Waals surface area (Å²) < 4.78 is 0. The fourth-order valence-electron chi connectivity index (χ4n) is 2.85. The maximum atomic E-state index is 4.76. The van der Waals surface area contributed by atoms with Gasteiger partial charge in [-0.3, -0.25) is 4.98 Å². The number of anilines is 1. The molecule has 3 aromatic rings. The van der Waals surface area contributed by atoms with Crippen LogP contribution < -0.4 is 4.90 Å². The van der Waals surface area contributed by atoms with Crippen LogP contribution in [-0.2, 0) is 0 Å². The van der Waals surface area contributed by atoms with Gasteiger partial charge in [0, 0.05) is 35.9 Å². The minimum absolute atomic E-state index is 0.931. The molecular weight excluding hydrogens is 290 g/mol. The summed E-state index contributed by atoms with van der Waals surface area (Å²) in [6, 6.07) is 14.6. The highest BCUT2D eigenvalue weighted by Crippen LogP contribution is 2.31. The quantitative estimate of drug-likeness (QED) is 0.715. The number of hydrogen-bond acceptors (Lipinski definition) is 4. The zero-order valence-electron chi connectivity index (χ0n) is 12.3. The molecule has 110 valence electrons. The van der Waals surface area contributed by atoms with Crippen LogP contribution in [0.15, 0.2) is 54.0 Å². The average Bonchev–Trinajstić information content (AvgIpc) is 3.28. The van der Waals surface area contributed by atoms with Gasteiger partial charge in [0.15, 0.2) is 0 Å². The first-order valence-electron chi connectivity index (χ1n) is 7.62. The molecule has 3 nitrogen and oxygen atoms in total. The first-order valence-corrected chi connectivity index (χ1v) is 8.50. The zero-order chi connectivity index (χ0) is 14.8. The molecule has 0 unspecified atom stereocenters. The summed E-state index contributed by atoms with van der Waals surface area (Å²) in [6.45, 7) is 2.33. The lowest BCUT2D eigenvalue weighted by molar-refractivity contribution is 0.949. The van der Waals surface area contributed by atoms with E-state index in [1.807, 2.05) is 24.4 Å². The van der Waals surface area contributed by atoms with E-state index in [0.29, 0.717) is 0 Å². The minimum atomic E-state index is 0.931. The van der Waals surface area contributed by atoms with Crippen LogP contribution in [-0.4, -0.2) is 23.1 Å². The van der Waals surface area contributed by atoms with Crippen molar-refractivity contribution in [1.29, 1.82) is 0 Å². The van der Waals surface area contributed by atoms with Gasteiger partial charge in [0.05, 0.1) is 5.69 Å². The first kappa shape index (κ1) is 13.5. The fourth-order valence-corrected chi connectivity index (χ4v) is 3.66. The van der Waals surface area contributed by atoms with Gasteiger partial charge in [-0.1, -0.05) is 18.2 Å². The molecule has 0 bridgehead atoms. The van der Waals surface area contributed by atoms with Crippen LogP contribution in [0, 0.1) is 0 Å². The maximum absolute atomic E-state index is 4.76. The normalized spacial score (nSPS) is 14.5. The molecule has 1 aromatic carbocycles. The van der Waals surface area contributed by atoms with Crippen molar-refractivity contribution in [2.75, 3.05) is 18.0 Å². The molecule has 0 aliphatic carbocycles. The van der Waals surface area contributed by atoms with Crippen molar-refractivity contribution in [2.45, 2.75) is 12.8 Å². The van der Waals surface area contributed by atoms with E-state index < -0.39 is 0 Å². The van der Waals surface area contributed by atoms with Gasteiger partial charge >= 0.3 is 0 Å². The molecule has 1 aliphatic heterocycles. The highest BCUT2D eigenvalue weighted by atomic mass is 32.1. The number of nitrogens with zero attached hydrogens (tertiary/aromatic N) is 3. The number of pyridine rings is 1. The lowest BCUT2D eigenvalue weighted by Crippen LogP contribution is -2.17. The van der Waals surface area contributed by atoms with Crippen molar-refractivity contribution < 1.29 is 0 Å². The molecule has 4 rings (SSSR count). The van der Waals surface area contributed by atoms with E-state index in [9.17, 15) is 0 Å². The van der Waals surface area contributed by atoms with Crippen molar-refractivity contribution >= 4 is 17.0 Å². The van der Waals surface area contributed by atoms with Crippen LogP contribution in [0.4, 0.5) is 5.69 Å². The van der Waals surface area contributed by atoms with E-state index in [4.69, 9.17) is 4.98 Å². The standard InChI is InChI=1S/C18H17N3S/c1-2-9-19-16(8-1)17-13-22-18(20-17)14-6-5-7-15(12-14)21-10-3-4-11-21/h1-2,5-9,12-13H,3-4,10-11H2. The van der Waals surface area contributed by atoms with Crippen molar-refractivity contribution in [3.05, 3.63) is 54.0 Å². The molecule has 0 saturated carbocycles. The lowest BCUT2D eigenvalue weighted by Gasteiger charge is -2.17. The largest absolute Gasteiger partial charge is 0.372 e. The SMILES string of the molecule is c1ccc(-c2csc(-c3cccc(N4CCCC4)c3)n2)nc1. The van der Waals surface area contributed by atoms with E-state index in [1.165, 1.54) is 37.2 Å². The third kappa shape index (κ3) is 2.62. The second kappa shape index (κ2) is 5.89. The zero-order valence-corrected chi connectivity index (χ0v) is 13.1. The number of hydrogen-bond donors (Lipinski definition) is 0. The van der Waals surface area contributed by atoms with Crippen LogP contribution in [0.25, 0.3) is 22.0 Å². The van der Waals surface area contributed by atoms with E-state index >= 15 is 0 Å². The molecule has 0 radical (unpaired) electrons. The summed E-state index contributed by atoms with van der Waals surface area (Å²) in [4.78, 5) is 11.6. The Morgan fingerprint density at radius 3 is 2.68 bits per heavy atom. The summed E-state index contributed by atoms with van der Waals surface area (Å²) in [6.07, 6.45) is 4.40. The molecule has 0 atom stereocenters. The van der Waals surface area contributed by atoms with Crippen LogP contribution in [0.3, 0.4) is 0 Å². The average molecular weight is 307 g/mol. The van der Waals surface area contributed by atoms with Crippen molar-refractivity contribution in [3.8, 4) is 22.0 Å². The summed E-state index contributed by atoms with van der Waals surface area (Å²) in [5, 5.41) is 3.14. The van der Waals surface area contributed by atoms with Crippen molar-refractivity contribution in [1.82, 2.24) is 9.97 Å². The molecule has 1 saturated heterocycles. The van der Waals surface area contributed by atoms with Crippen molar-refractivity contribution in [3.63, 3.8) is 0 Å². The Balaban J connectivity index is 1.65. The molecule has 0 amide bonds. The Hall–Kier alpha value is -2.20. The van der Waals surface area contributed by atoms with Crippen LogP contribution in [0.1, 0.15) is 12.8 Å². The molecule has 3 heterocycles. The predicted molar refractivity (Wildman–Crippen MR) is 92.2 cm³/mol. The third-order valence-electron chi connectivity index (χ3n) is 4.00. The molecule has 0 N–H and O–H groups in total. The third-order valence-corrected chi connectivity index (χ3v) is 4.89. The van der Waals surface area contributed by atoms with Gasteiger partial charge in [-0.2, -0.15) is 0 Å². The van der Waals surface area contributed by atoms with Gasteiger partial charge in [-0.05, 0) is 37.1 Å². The van der Waals surface area contributed by atoms with Gasteiger partial charge in [0.1, 0.15) is 10.7 Å². The van der Waals surface area contributed by atoms with E-state index in [1.54, 1.807) is 11.3 Å². The number of rotatable bonds is 3. The number of benzene rings is 1. The minimum Gasteiger partial charge on any atom is -0.372 e. The molecule has 1 fully saturated rings. The molecule has 4 heteroatoms. The lowest BCUT2D eigenvalue weighted by atomic mass is 10.2. The Morgan fingerprint density at radius 2 is 1.86 bits per heavy atom. The van der Waals surface area contributed by atoms with E-state index in [2.05, 4.69) is 39.5 Å². The molecule has 2 aromatic heterocycles. The summed E-state index contributed by atoms with van der Waals surface area (Å²) in [5.74, 6) is 0. The Labute approximate surface area is 134 Å². The molecule has 0 spiro atoms. The Kier molecular flexibility index (Phi) is 3.60. The van der Waals surface area contributed by atoms with Crippen LogP contribution in [0.2, 0.25) is 0 Å². The van der Waals surface area contributed by atoms with Gasteiger partial charge < -0.3 is 4.90 Å². The second-order valence-corrected chi connectivity index (χ2v) is 6.36. The fraction of sp³-hybridized carbons (Fsp3) is 0.222. The first-order chi connectivity index (χ1) is 10.9. The Morgan fingerprint density at radius 1 is 0.955 bits per heavy atom. The Bertz CT molecular complexity index is 761. The molecule has 1 aliphatic rings. The van der Waals surface area contributed by atoms with Gasteiger partial charge in [0.2, 0.25) is 0 Å². The second-order valence-electron chi connectivity index (χ2n) is 5.50. The summed E-state index contributed by atoms with van der Waals surface area (Å²) >= 11 is 1.68. The van der Waals surface area contributed by atoms with Crippen LogP contribution in [0.5, 0.6) is 0 Å². The summed E-state index contributed by atoms with van der Waals surface area (Å²) in [7, 11) is 0. The molecular formula is C18H17N3S. The number of aromatic nitrogens is 2. The molecule has 22 heavy (non-hydrogen) atoms. The van der Waals surface area contributed by atoms with Gasteiger partial charge in [-0.25, -0.2) is 4.98 Å². The monoisotopic (exact) mass is 307 g/mol. The maximum Gasteiger partial charge on any atom is 0.124 e. The van der Waals surface area contributed by atoms with Crippen molar-refractivity contribution in [2.24, 2.45) is 0 Å². The highest BCUT2D eigenvalue weighted by molar-refractivity contribution is 7.13. The topological polar surface area (TPSA) is 29.0 Å². The van der Waals surface area contributed by atoms with Gasteiger partial charge in [0.25, 0.3) is 0 Å². The number of thiazole rings is 1. The van der Waals surface area contributed by atoms with E-state index in [-0.39, 0.29) is 0 Å². The summed E-state index contributed by atoms with van der Waals surface area (Å²) in [5.41, 5.74) is 4.38. The van der Waals surface area contributed by atoms with Crippen LogP contribution >= 0.6 is 11.3 Å². The predicted octanol–water partition coefficient (Wildman–Crippen LogP) is 4.47. The van der Waals surface area contributed by atoms with Gasteiger partial charge in [-0.15, -0.1) is 11.3 Å². The highest BCUT2D eigenvalue weighted by Gasteiger charge is 2.14. The van der Waals surface area contributed by atoms with E-state index in [0.717, 1.165) is 16.4 Å².